The van der Waals surface area contributed by atoms with E-state index in [2.05, 4.69) is 25.5 Å². The predicted octanol–water partition coefficient (Wildman–Crippen LogP) is 3.34. The fraction of sp³-hybridized carbons (Fsp3) is 0.350. The van der Waals surface area contributed by atoms with E-state index < -0.39 is 17.6 Å². The molecule has 10 nitrogen and oxygen atoms in total. The second kappa shape index (κ2) is 7.62. The SMILES string of the molecule is CC(C)(C)C(NC(=O)O)c1noc(-c2c3ccccc3nn2CCn2ccnc2)n1. The van der Waals surface area contributed by atoms with Crippen molar-refractivity contribution in [3.63, 3.8) is 0 Å². The first-order valence-corrected chi connectivity index (χ1v) is 9.57. The zero-order valence-electron chi connectivity index (χ0n) is 17.0. The van der Waals surface area contributed by atoms with Gasteiger partial charge in [-0.15, -0.1) is 0 Å². The van der Waals surface area contributed by atoms with Gasteiger partial charge in [-0.1, -0.05) is 44.1 Å². The maximum Gasteiger partial charge on any atom is 0.405 e. The summed E-state index contributed by atoms with van der Waals surface area (Å²) in [4.78, 5) is 19.9. The molecule has 4 rings (SSSR count). The Morgan fingerprint density at radius 2 is 2.07 bits per heavy atom. The molecular formula is C20H23N7O3. The van der Waals surface area contributed by atoms with Crippen molar-refractivity contribution in [3.8, 4) is 11.6 Å². The quantitative estimate of drug-likeness (QED) is 0.500. The number of aromatic nitrogens is 6. The van der Waals surface area contributed by atoms with Gasteiger partial charge in [0.25, 0.3) is 5.89 Å². The molecule has 1 aromatic carbocycles. The normalized spacial score (nSPS) is 12.9. The molecule has 2 N–H and O–H groups in total. The lowest BCUT2D eigenvalue weighted by Gasteiger charge is -2.27. The summed E-state index contributed by atoms with van der Waals surface area (Å²) in [5.41, 5.74) is 1.07. The van der Waals surface area contributed by atoms with Crippen LogP contribution in [0.2, 0.25) is 0 Å². The third-order valence-corrected chi connectivity index (χ3v) is 4.81. The van der Waals surface area contributed by atoms with Crippen molar-refractivity contribution in [1.29, 1.82) is 0 Å². The van der Waals surface area contributed by atoms with E-state index in [-0.39, 0.29) is 5.82 Å². The van der Waals surface area contributed by atoms with E-state index in [1.54, 1.807) is 12.5 Å². The maximum atomic E-state index is 11.3. The molecule has 0 saturated heterocycles. The first-order chi connectivity index (χ1) is 14.3. The van der Waals surface area contributed by atoms with Crippen LogP contribution in [0, 0.1) is 5.41 Å². The van der Waals surface area contributed by atoms with Crippen LogP contribution in [0.3, 0.4) is 0 Å². The van der Waals surface area contributed by atoms with Crippen LogP contribution in [0.5, 0.6) is 0 Å². The van der Waals surface area contributed by atoms with Crippen LogP contribution in [-0.2, 0) is 13.1 Å². The monoisotopic (exact) mass is 409 g/mol. The van der Waals surface area contributed by atoms with Gasteiger partial charge in [0.05, 0.1) is 18.4 Å². The number of imidazole rings is 1. The molecular weight excluding hydrogens is 386 g/mol. The largest absolute Gasteiger partial charge is 0.465 e. The van der Waals surface area contributed by atoms with Gasteiger partial charge in [-0.25, -0.2) is 9.78 Å². The fourth-order valence-corrected chi connectivity index (χ4v) is 3.34. The van der Waals surface area contributed by atoms with Gasteiger partial charge in [0.2, 0.25) is 0 Å². The van der Waals surface area contributed by atoms with Crippen LogP contribution >= 0.6 is 0 Å². The lowest BCUT2D eigenvalue weighted by Crippen LogP contribution is -2.36. The lowest BCUT2D eigenvalue weighted by atomic mass is 9.86. The molecule has 0 aliphatic heterocycles. The number of aryl methyl sites for hydroxylation is 2. The Balaban J connectivity index is 1.73. The van der Waals surface area contributed by atoms with Crippen LogP contribution in [0.4, 0.5) is 4.79 Å². The summed E-state index contributed by atoms with van der Waals surface area (Å²) in [6, 6.07) is 7.10. The summed E-state index contributed by atoms with van der Waals surface area (Å²) in [6.45, 7) is 6.98. The molecule has 0 spiro atoms. The van der Waals surface area contributed by atoms with Gasteiger partial charge in [0, 0.05) is 24.3 Å². The average Bonchev–Trinajstić information content (AvgIpc) is 3.42. The zero-order chi connectivity index (χ0) is 21.3. The summed E-state index contributed by atoms with van der Waals surface area (Å²) in [5, 5.41) is 21.4. The Labute approximate surface area is 172 Å². The van der Waals surface area contributed by atoms with Crippen LogP contribution < -0.4 is 5.32 Å². The molecule has 0 radical (unpaired) electrons. The number of rotatable bonds is 6. The highest BCUT2D eigenvalue weighted by Crippen LogP contribution is 2.34. The van der Waals surface area contributed by atoms with Crippen molar-refractivity contribution in [2.24, 2.45) is 5.41 Å². The lowest BCUT2D eigenvalue weighted by molar-refractivity contribution is 0.172. The summed E-state index contributed by atoms with van der Waals surface area (Å²) in [6.07, 6.45) is 4.22. The number of nitrogens with one attached hydrogen (secondary N) is 1. The van der Waals surface area contributed by atoms with Gasteiger partial charge in [-0.05, 0) is 11.5 Å². The summed E-state index contributed by atoms with van der Waals surface area (Å²) in [5.74, 6) is 0.581. The molecule has 0 aliphatic rings. The number of carbonyl (C=O) groups is 1. The standard InChI is InChI=1S/C20H23N7O3/c1-20(2,3)16(22-19(28)29)17-23-18(30-25-17)15-13-6-4-5-7-14(13)24-27(15)11-10-26-9-8-21-12-26/h4-9,12,16,22H,10-11H2,1-3H3,(H,28,29). The first-order valence-electron chi connectivity index (χ1n) is 9.57. The zero-order valence-corrected chi connectivity index (χ0v) is 17.0. The van der Waals surface area contributed by atoms with E-state index in [1.165, 1.54) is 0 Å². The molecule has 0 fully saturated rings. The number of carboxylic acid groups (broad SMARTS) is 1. The van der Waals surface area contributed by atoms with Gasteiger partial charge in [-0.3, -0.25) is 4.68 Å². The van der Waals surface area contributed by atoms with Gasteiger partial charge < -0.3 is 19.5 Å². The van der Waals surface area contributed by atoms with Crippen molar-refractivity contribution < 1.29 is 14.4 Å². The van der Waals surface area contributed by atoms with Gasteiger partial charge in [-0.2, -0.15) is 10.1 Å². The van der Waals surface area contributed by atoms with E-state index in [4.69, 9.17) is 4.52 Å². The number of nitrogens with zero attached hydrogens (tertiary/aromatic N) is 6. The summed E-state index contributed by atoms with van der Waals surface area (Å²) in [7, 11) is 0. The minimum atomic E-state index is -1.14. The molecule has 1 amide bonds. The molecule has 3 heterocycles. The Morgan fingerprint density at radius 1 is 1.27 bits per heavy atom. The van der Waals surface area contributed by atoms with E-state index >= 15 is 0 Å². The Bertz CT molecular complexity index is 1150. The highest BCUT2D eigenvalue weighted by molar-refractivity contribution is 5.91. The molecule has 10 heteroatoms. The van der Waals surface area contributed by atoms with Gasteiger partial charge >= 0.3 is 6.09 Å². The predicted molar refractivity (Wildman–Crippen MR) is 109 cm³/mol. The molecule has 156 valence electrons. The Hall–Kier alpha value is -3.69. The molecule has 4 aromatic rings. The minimum Gasteiger partial charge on any atom is -0.465 e. The van der Waals surface area contributed by atoms with Crippen molar-refractivity contribution in [1.82, 2.24) is 34.8 Å². The molecule has 0 saturated carbocycles. The van der Waals surface area contributed by atoms with Gasteiger partial charge in [0.1, 0.15) is 11.7 Å². The topological polar surface area (TPSA) is 124 Å². The summed E-state index contributed by atoms with van der Waals surface area (Å²) >= 11 is 0. The third-order valence-electron chi connectivity index (χ3n) is 4.81. The Kier molecular flexibility index (Phi) is 4.98. The van der Waals surface area contributed by atoms with E-state index in [9.17, 15) is 9.90 Å². The maximum absolute atomic E-state index is 11.3. The van der Waals surface area contributed by atoms with Crippen LogP contribution in [-0.4, -0.2) is 40.7 Å². The van der Waals surface area contributed by atoms with Crippen LogP contribution in [0.15, 0.2) is 47.5 Å². The minimum absolute atomic E-state index is 0.284. The summed E-state index contributed by atoms with van der Waals surface area (Å²) < 4.78 is 9.37. The van der Waals surface area contributed by atoms with Crippen molar-refractivity contribution in [2.45, 2.75) is 39.9 Å². The molecule has 3 aromatic heterocycles. The molecule has 1 unspecified atom stereocenters. The van der Waals surface area contributed by atoms with Gasteiger partial charge in [0.15, 0.2) is 5.82 Å². The number of amides is 1. The molecule has 0 aliphatic carbocycles. The highest BCUT2D eigenvalue weighted by atomic mass is 16.5. The fourth-order valence-electron chi connectivity index (χ4n) is 3.34. The second-order valence-corrected chi connectivity index (χ2v) is 8.10. The second-order valence-electron chi connectivity index (χ2n) is 8.10. The third kappa shape index (κ3) is 3.88. The molecule has 30 heavy (non-hydrogen) atoms. The number of fused-ring (bicyclic) bond motifs is 1. The number of hydrogen-bond donors (Lipinski definition) is 2. The highest BCUT2D eigenvalue weighted by Gasteiger charge is 2.33. The van der Waals surface area contributed by atoms with Crippen molar-refractivity contribution >= 4 is 17.0 Å². The van der Waals surface area contributed by atoms with E-state index in [0.29, 0.717) is 24.7 Å². The van der Waals surface area contributed by atoms with E-state index in [1.807, 2.05) is 60.5 Å². The average molecular weight is 409 g/mol. The van der Waals surface area contributed by atoms with Crippen molar-refractivity contribution in [3.05, 3.63) is 48.8 Å². The van der Waals surface area contributed by atoms with E-state index in [0.717, 1.165) is 10.9 Å². The first kappa shape index (κ1) is 19.6. The molecule has 1 atom stereocenters. The number of benzene rings is 1. The van der Waals surface area contributed by atoms with Crippen LogP contribution in [0.25, 0.3) is 22.5 Å². The smallest absolute Gasteiger partial charge is 0.405 e. The van der Waals surface area contributed by atoms with Crippen molar-refractivity contribution in [2.75, 3.05) is 0 Å². The van der Waals surface area contributed by atoms with Crippen LogP contribution in [0.1, 0.15) is 32.6 Å². The number of hydrogen-bond acceptors (Lipinski definition) is 6. The Morgan fingerprint density at radius 3 is 2.77 bits per heavy atom. The molecule has 0 bridgehead atoms.